The Labute approximate surface area is 200 Å². The summed E-state index contributed by atoms with van der Waals surface area (Å²) in [6, 6.07) is 3.92. The Morgan fingerprint density at radius 2 is 2.19 bits per heavy atom. The zero-order chi connectivity index (χ0) is 21.5. The van der Waals surface area contributed by atoms with E-state index in [1.54, 1.807) is 6.20 Å². The topological polar surface area (TPSA) is 122 Å². The Bertz CT molecular complexity index is 880. The summed E-state index contributed by atoms with van der Waals surface area (Å²) in [6.07, 6.45) is 3.53. The van der Waals surface area contributed by atoms with Gasteiger partial charge in [0.05, 0.1) is 24.7 Å². The number of rotatable bonds is 7. The maximum absolute atomic E-state index is 11.6. The first-order chi connectivity index (χ1) is 14.5. The number of nitrogens with zero attached hydrogens (tertiary/aromatic N) is 4. The van der Waals surface area contributed by atoms with E-state index >= 15 is 0 Å². The molecule has 9 nitrogen and oxygen atoms in total. The third kappa shape index (κ3) is 6.81. The maximum atomic E-state index is 11.6. The minimum absolute atomic E-state index is 0. The number of carbonyl (C=O) groups excluding carboxylic acids is 1. The number of aryl methyl sites for hydroxylation is 2. The first-order valence-electron chi connectivity index (χ1n) is 10.4. The van der Waals surface area contributed by atoms with E-state index in [1.807, 2.05) is 32.9 Å². The van der Waals surface area contributed by atoms with Gasteiger partial charge in [-0.15, -0.1) is 24.0 Å². The number of guanidine groups is 1. The van der Waals surface area contributed by atoms with Gasteiger partial charge in [0.15, 0.2) is 5.96 Å². The highest BCUT2D eigenvalue weighted by atomic mass is 127. The lowest BCUT2D eigenvalue weighted by Gasteiger charge is -2.33. The van der Waals surface area contributed by atoms with Crippen LogP contribution in [0, 0.1) is 19.8 Å². The first kappa shape index (κ1) is 24.9. The zero-order valence-electron chi connectivity index (χ0n) is 18.4. The maximum Gasteiger partial charge on any atom is 0.222 e. The normalized spacial score (nSPS) is 16.5. The van der Waals surface area contributed by atoms with Crippen molar-refractivity contribution >= 4 is 41.7 Å². The number of nitrogens with two attached hydrogens (primary N) is 1. The molecule has 1 fully saturated rings. The number of piperidine rings is 1. The van der Waals surface area contributed by atoms with E-state index in [2.05, 4.69) is 25.5 Å². The number of anilines is 1. The average molecular weight is 541 g/mol. The number of pyridine rings is 1. The molecule has 2 aromatic rings. The smallest absolute Gasteiger partial charge is 0.222 e. The molecule has 3 rings (SSSR count). The molecule has 0 saturated carbocycles. The number of nitrogens with one attached hydrogen (secondary N) is 2. The highest BCUT2D eigenvalue weighted by Crippen LogP contribution is 2.25. The van der Waals surface area contributed by atoms with Crippen molar-refractivity contribution in [3.63, 3.8) is 0 Å². The molecule has 1 aliphatic rings. The van der Waals surface area contributed by atoms with Gasteiger partial charge in [-0.25, -0.2) is 15.0 Å². The fraction of sp³-hybridized carbons (Fsp3) is 0.524. The number of halogens is 1. The van der Waals surface area contributed by atoms with Crippen molar-refractivity contribution in [2.45, 2.75) is 46.7 Å². The van der Waals surface area contributed by atoms with Crippen LogP contribution in [0.5, 0.6) is 0 Å². The summed E-state index contributed by atoms with van der Waals surface area (Å²) in [5.41, 5.74) is 7.43. The van der Waals surface area contributed by atoms with Gasteiger partial charge in [-0.2, -0.15) is 0 Å². The van der Waals surface area contributed by atoms with Gasteiger partial charge < -0.3 is 25.7 Å². The molecule has 4 N–H and O–H groups in total. The molecule has 0 aliphatic carbocycles. The fourth-order valence-electron chi connectivity index (χ4n) is 3.52. The minimum atomic E-state index is -0.245. The van der Waals surface area contributed by atoms with E-state index in [-0.39, 0.29) is 35.8 Å². The minimum Gasteiger partial charge on any atom is -0.444 e. The highest BCUT2D eigenvalue weighted by molar-refractivity contribution is 14.0. The van der Waals surface area contributed by atoms with E-state index < -0.39 is 0 Å². The van der Waals surface area contributed by atoms with Gasteiger partial charge in [0.1, 0.15) is 11.6 Å². The van der Waals surface area contributed by atoms with Crippen LogP contribution in [-0.2, 0) is 17.9 Å². The summed E-state index contributed by atoms with van der Waals surface area (Å²) in [5, 5.41) is 6.50. The van der Waals surface area contributed by atoms with Crippen molar-refractivity contribution in [2.24, 2.45) is 16.6 Å². The molecule has 170 valence electrons. The molecule has 1 unspecified atom stereocenters. The third-order valence-corrected chi connectivity index (χ3v) is 5.22. The second-order valence-corrected chi connectivity index (χ2v) is 7.47. The van der Waals surface area contributed by atoms with E-state index in [0.29, 0.717) is 31.5 Å². The molecule has 0 bridgehead atoms. The summed E-state index contributed by atoms with van der Waals surface area (Å²) >= 11 is 0. The molecule has 0 radical (unpaired) electrons. The van der Waals surface area contributed by atoms with Gasteiger partial charge in [0.2, 0.25) is 11.8 Å². The van der Waals surface area contributed by atoms with Gasteiger partial charge in [0, 0.05) is 31.4 Å². The van der Waals surface area contributed by atoms with Crippen LogP contribution < -0.4 is 21.3 Å². The van der Waals surface area contributed by atoms with Crippen LogP contribution in [0.3, 0.4) is 0 Å². The lowest BCUT2D eigenvalue weighted by atomic mass is 9.97. The van der Waals surface area contributed by atoms with Crippen LogP contribution in [-0.4, -0.2) is 41.5 Å². The van der Waals surface area contributed by atoms with Crippen LogP contribution in [0.15, 0.2) is 27.7 Å². The molecule has 1 atom stereocenters. The van der Waals surface area contributed by atoms with Crippen LogP contribution in [0.25, 0.3) is 0 Å². The first-order valence-corrected chi connectivity index (χ1v) is 10.4. The van der Waals surface area contributed by atoms with Crippen LogP contribution >= 0.6 is 24.0 Å². The average Bonchev–Trinajstić information content (AvgIpc) is 3.07. The lowest BCUT2D eigenvalue weighted by molar-refractivity contribution is -0.122. The van der Waals surface area contributed by atoms with Crippen molar-refractivity contribution in [3.05, 3.63) is 41.2 Å². The Morgan fingerprint density at radius 1 is 1.39 bits per heavy atom. The molecular weight excluding hydrogens is 509 g/mol. The predicted octanol–water partition coefficient (Wildman–Crippen LogP) is 2.26. The van der Waals surface area contributed by atoms with E-state index in [1.165, 1.54) is 0 Å². The van der Waals surface area contributed by atoms with Gasteiger partial charge in [-0.1, -0.05) is 6.07 Å². The van der Waals surface area contributed by atoms with Gasteiger partial charge in [-0.3, -0.25) is 4.79 Å². The number of aromatic nitrogens is 2. The van der Waals surface area contributed by atoms with Gasteiger partial charge >= 0.3 is 0 Å². The second-order valence-electron chi connectivity index (χ2n) is 7.47. The van der Waals surface area contributed by atoms with E-state index in [0.717, 1.165) is 48.8 Å². The van der Waals surface area contributed by atoms with Crippen molar-refractivity contribution < 1.29 is 9.21 Å². The van der Waals surface area contributed by atoms with Crippen LogP contribution in [0.4, 0.5) is 5.82 Å². The number of carbonyl (C=O) groups is 1. The lowest BCUT2D eigenvalue weighted by Crippen LogP contribution is -2.42. The third-order valence-electron chi connectivity index (χ3n) is 5.22. The van der Waals surface area contributed by atoms with Crippen molar-refractivity contribution in [3.8, 4) is 0 Å². The summed E-state index contributed by atoms with van der Waals surface area (Å²) in [6.45, 7) is 8.95. The summed E-state index contributed by atoms with van der Waals surface area (Å²) in [5.74, 6) is 2.61. The number of amides is 1. The molecule has 1 amide bonds. The number of primary amides is 1. The standard InChI is InChI=1S/C21H31N7O2.HI/c1-4-23-21(26-12-18-27-14(2)15(3)30-18)25-11-16-7-5-9-24-20(16)28-10-6-8-17(13-28)19(22)29;/h5,7,9,17H,4,6,8,10-13H2,1-3H3,(H2,22,29)(H2,23,25,26);1H. The number of aliphatic imine (C=N–C) groups is 1. The zero-order valence-corrected chi connectivity index (χ0v) is 20.7. The Morgan fingerprint density at radius 3 is 2.87 bits per heavy atom. The quantitative estimate of drug-likeness (QED) is 0.279. The van der Waals surface area contributed by atoms with Crippen molar-refractivity contribution in [1.29, 1.82) is 0 Å². The number of oxazole rings is 1. The molecule has 10 heteroatoms. The SMILES string of the molecule is CCNC(=NCc1cccnc1N1CCCC(C(N)=O)C1)NCc1nc(C)c(C)o1.I. The highest BCUT2D eigenvalue weighted by Gasteiger charge is 2.25. The molecular formula is C21H32IN7O2. The van der Waals surface area contributed by atoms with E-state index in [9.17, 15) is 4.79 Å². The molecule has 1 aliphatic heterocycles. The molecule has 31 heavy (non-hydrogen) atoms. The van der Waals surface area contributed by atoms with Gasteiger partial charge in [0.25, 0.3) is 0 Å². The second kappa shape index (κ2) is 11.9. The molecule has 3 heterocycles. The molecule has 1 saturated heterocycles. The Kier molecular flexibility index (Phi) is 9.53. The van der Waals surface area contributed by atoms with Gasteiger partial charge in [-0.05, 0) is 39.7 Å². The monoisotopic (exact) mass is 541 g/mol. The predicted molar refractivity (Wildman–Crippen MR) is 131 cm³/mol. The van der Waals surface area contributed by atoms with E-state index in [4.69, 9.17) is 15.1 Å². The Balaban J connectivity index is 0.00000341. The molecule has 0 aromatic carbocycles. The van der Waals surface area contributed by atoms with Crippen molar-refractivity contribution in [1.82, 2.24) is 20.6 Å². The largest absolute Gasteiger partial charge is 0.444 e. The van der Waals surface area contributed by atoms with Crippen LogP contribution in [0.1, 0.15) is 42.7 Å². The van der Waals surface area contributed by atoms with Crippen LogP contribution in [0.2, 0.25) is 0 Å². The summed E-state index contributed by atoms with van der Waals surface area (Å²) < 4.78 is 5.62. The Hall–Kier alpha value is -2.37. The summed E-state index contributed by atoms with van der Waals surface area (Å²) in [4.78, 5) is 27.4. The molecule has 2 aromatic heterocycles. The summed E-state index contributed by atoms with van der Waals surface area (Å²) in [7, 11) is 0. The van der Waals surface area contributed by atoms with Crippen molar-refractivity contribution in [2.75, 3.05) is 24.5 Å². The number of hydrogen-bond acceptors (Lipinski definition) is 6. The fourth-order valence-corrected chi connectivity index (χ4v) is 3.52. The number of hydrogen-bond donors (Lipinski definition) is 3. The molecule has 0 spiro atoms.